The molecule has 5 heteroatoms. The van der Waals surface area contributed by atoms with Crippen LogP contribution in [0.25, 0.3) is 10.9 Å². The number of aryl methyl sites for hydroxylation is 2. The van der Waals surface area contributed by atoms with Crippen molar-refractivity contribution < 1.29 is 9.53 Å². The molecule has 1 aromatic heterocycles. The van der Waals surface area contributed by atoms with E-state index in [9.17, 15) is 9.59 Å². The van der Waals surface area contributed by atoms with E-state index in [1.165, 1.54) is 6.07 Å². The number of amides is 1. The van der Waals surface area contributed by atoms with Crippen LogP contribution in [0.1, 0.15) is 18.1 Å². The van der Waals surface area contributed by atoms with Crippen LogP contribution in [0.5, 0.6) is 0 Å². The van der Waals surface area contributed by atoms with Crippen molar-refractivity contribution in [2.24, 2.45) is 0 Å². The van der Waals surface area contributed by atoms with Gasteiger partial charge in [0.05, 0.1) is 12.1 Å². The Labute approximate surface area is 129 Å². The minimum absolute atomic E-state index is 0.0168. The molecule has 1 amide bonds. The zero-order chi connectivity index (χ0) is 16.3. The first kappa shape index (κ1) is 16.2. The van der Waals surface area contributed by atoms with Gasteiger partial charge in [-0.1, -0.05) is 6.07 Å². The number of rotatable bonds is 5. The summed E-state index contributed by atoms with van der Waals surface area (Å²) in [5.74, 6) is -0.103. The average molecular weight is 302 g/mol. The highest BCUT2D eigenvalue weighted by Gasteiger charge is 2.11. The fourth-order valence-corrected chi connectivity index (χ4v) is 2.72. The van der Waals surface area contributed by atoms with Gasteiger partial charge in [-0.05, 0) is 38.0 Å². The number of carbonyl (C=O) groups is 1. The highest BCUT2D eigenvalue weighted by atomic mass is 16.5. The van der Waals surface area contributed by atoms with Gasteiger partial charge in [0.2, 0.25) is 5.91 Å². The number of methoxy groups -OCH3 is 1. The fourth-order valence-electron chi connectivity index (χ4n) is 2.72. The van der Waals surface area contributed by atoms with Gasteiger partial charge in [-0.3, -0.25) is 9.59 Å². The summed E-state index contributed by atoms with van der Waals surface area (Å²) in [5.41, 5.74) is 2.77. The smallest absolute Gasteiger partial charge is 0.240 e. The van der Waals surface area contributed by atoms with Gasteiger partial charge in [-0.15, -0.1) is 0 Å². The maximum Gasteiger partial charge on any atom is 0.240 e. The Morgan fingerprint density at radius 2 is 2.09 bits per heavy atom. The van der Waals surface area contributed by atoms with Crippen molar-refractivity contribution in [2.45, 2.75) is 33.4 Å². The molecule has 0 aliphatic heterocycles. The number of carbonyl (C=O) groups excluding carboxylic acids is 1. The van der Waals surface area contributed by atoms with Crippen molar-refractivity contribution in [1.29, 1.82) is 0 Å². The van der Waals surface area contributed by atoms with Crippen molar-refractivity contribution >= 4 is 16.8 Å². The van der Waals surface area contributed by atoms with E-state index in [2.05, 4.69) is 5.32 Å². The largest absolute Gasteiger partial charge is 0.383 e. The van der Waals surface area contributed by atoms with E-state index in [4.69, 9.17) is 4.74 Å². The molecular weight excluding hydrogens is 280 g/mol. The van der Waals surface area contributed by atoms with Crippen LogP contribution in [-0.2, 0) is 16.1 Å². The number of fused-ring (bicyclic) bond motifs is 1. The third kappa shape index (κ3) is 3.54. The predicted octanol–water partition coefficient (Wildman–Crippen LogP) is 1.77. The zero-order valence-corrected chi connectivity index (χ0v) is 13.5. The lowest BCUT2D eigenvalue weighted by Crippen LogP contribution is -2.37. The standard InChI is InChI=1S/C17H22N2O3/c1-11-7-12(2)17-14(8-11)19(6-5-15(17)20)9-16(21)18-13(3)10-22-4/h5-8,13H,9-10H2,1-4H3,(H,18,21). The van der Waals surface area contributed by atoms with Gasteiger partial charge in [0.25, 0.3) is 0 Å². The summed E-state index contributed by atoms with van der Waals surface area (Å²) < 4.78 is 6.82. The molecule has 5 nitrogen and oxygen atoms in total. The van der Waals surface area contributed by atoms with Gasteiger partial charge < -0.3 is 14.6 Å². The molecule has 2 rings (SSSR count). The van der Waals surface area contributed by atoms with Gasteiger partial charge in [-0.2, -0.15) is 0 Å². The summed E-state index contributed by atoms with van der Waals surface area (Å²) in [4.78, 5) is 24.2. The number of nitrogens with one attached hydrogen (secondary N) is 1. The summed E-state index contributed by atoms with van der Waals surface area (Å²) in [6, 6.07) is 5.38. The van der Waals surface area contributed by atoms with Crippen LogP contribution in [0.15, 0.2) is 29.2 Å². The summed E-state index contributed by atoms with van der Waals surface area (Å²) >= 11 is 0. The monoisotopic (exact) mass is 302 g/mol. The Bertz CT molecular complexity index is 749. The minimum Gasteiger partial charge on any atom is -0.383 e. The lowest BCUT2D eigenvalue weighted by Gasteiger charge is -2.16. The molecule has 0 radical (unpaired) electrons. The summed E-state index contributed by atoms with van der Waals surface area (Å²) in [7, 11) is 1.60. The predicted molar refractivity (Wildman–Crippen MR) is 87.2 cm³/mol. The molecule has 0 aliphatic rings. The van der Waals surface area contributed by atoms with E-state index in [0.717, 1.165) is 16.6 Å². The van der Waals surface area contributed by atoms with Crippen LogP contribution in [0.4, 0.5) is 0 Å². The van der Waals surface area contributed by atoms with E-state index in [1.807, 2.05) is 37.5 Å². The van der Waals surface area contributed by atoms with E-state index in [1.54, 1.807) is 13.3 Å². The van der Waals surface area contributed by atoms with Crippen LogP contribution in [0, 0.1) is 13.8 Å². The molecule has 0 fully saturated rings. The molecule has 1 aromatic carbocycles. The third-order valence-electron chi connectivity index (χ3n) is 3.56. The zero-order valence-electron chi connectivity index (χ0n) is 13.5. The normalized spacial score (nSPS) is 12.4. The Hall–Kier alpha value is -2.14. The Morgan fingerprint density at radius 1 is 1.36 bits per heavy atom. The number of nitrogens with zero attached hydrogens (tertiary/aromatic N) is 1. The molecule has 118 valence electrons. The first-order valence-electron chi connectivity index (χ1n) is 7.31. The number of benzene rings is 1. The molecule has 0 saturated heterocycles. The number of aromatic nitrogens is 1. The van der Waals surface area contributed by atoms with Gasteiger partial charge >= 0.3 is 0 Å². The first-order valence-corrected chi connectivity index (χ1v) is 7.31. The molecule has 1 heterocycles. The number of pyridine rings is 1. The average Bonchev–Trinajstić information content (AvgIpc) is 2.41. The van der Waals surface area contributed by atoms with Crippen molar-refractivity contribution in [2.75, 3.05) is 13.7 Å². The van der Waals surface area contributed by atoms with Crippen LogP contribution in [0.2, 0.25) is 0 Å². The number of hydrogen-bond acceptors (Lipinski definition) is 3. The van der Waals surface area contributed by atoms with E-state index in [-0.39, 0.29) is 23.9 Å². The molecule has 22 heavy (non-hydrogen) atoms. The second kappa shape index (κ2) is 6.75. The third-order valence-corrected chi connectivity index (χ3v) is 3.56. The second-order valence-corrected chi connectivity index (χ2v) is 5.71. The van der Waals surface area contributed by atoms with Crippen LogP contribution in [0.3, 0.4) is 0 Å². The molecule has 0 spiro atoms. The number of hydrogen-bond donors (Lipinski definition) is 1. The van der Waals surface area contributed by atoms with Gasteiger partial charge in [-0.25, -0.2) is 0 Å². The number of ether oxygens (including phenoxy) is 1. The van der Waals surface area contributed by atoms with E-state index in [0.29, 0.717) is 12.0 Å². The molecular formula is C17H22N2O3. The molecule has 1 unspecified atom stereocenters. The lowest BCUT2D eigenvalue weighted by atomic mass is 10.1. The summed E-state index contributed by atoms with van der Waals surface area (Å²) in [5, 5.41) is 3.55. The van der Waals surface area contributed by atoms with Crippen LogP contribution in [-0.4, -0.2) is 30.2 Å². The van der Waals surface area contributed by atoms with Crippen molar-refractivity contribution in [3.63, 3.8) is 0 Å². The SMILES string of the molecule is COCC(C)NC(=O)Cn1ccc(=O)c2c(C)cc(C)cc21. The Morgan fingerprint density at radius 3 is 2.77 bits per heavy atom. The molecule has 1 N–H and O–H groups in total. The quantitative estimate of drug-likeness (QED) is 0.915. The Kier molecular flexibility index (Phi) is 4.98. The van der Waals surface area contributed by atoms with E-state index < -0.39 is 0 Å². The van der Waals surface area contributed by atoms with Crippen molar-refractivity contribution in [1.82, 2.24) is 9.88 Å². The fraction of sp³-hybridized carbons (Fsp3) is 0.412. The maximum atomic E-state index is 12.1. The van der Waals surface area contributed by atoms with Crippen LogP contribution >= 0.6 is 0 Å². The van der Waals surface area contributed by atoms with E-state index >= 15 is 0 Å². The Balaban J connectivity index is 2.34. The van der Waals surface area contributed by atoms with Gasteiger partial charge in [0, 0.05) is 30.8 Å². The molecule has 0 bridgehead atoms. The maximum absolute atomic E-state index is 12.1. The lowest BCUT2D eigenvalue weighted by molar-refractivity contribution is -0.122. The molecule has 2 aromatic rings. The van der Waals surface area contributed by atoms with Crippen molar-refractivity contribution in [3.8, 4) is 0 Å². The first-order chi connectivity index (χ1) is 10.4. The summed E-state index contributed by atoms with van der Waals surface area (Å²) in [6.07, 6.45) is 1.67. The van der Waals surface area contributed by atoms with Gasteiger partial charge in [0.1, 0.15) is 6.54 Å². The van der Waals surface area contributed by atoms with Gasteiger partial charge in [0.15, 0.2) is 5.43 Å². The highest BCUT2D eigenvalue weighted by molar-refractivity contribution is 5.85. The van der Waals surface area contributed by atoms with Crippen molar-refractivity contribution in [3.05, 3.63) is 45.7 Å². The van der Waals surface area contributed by atoms with Crippen LogP contribution < -0.4 is 10.7 Å². The topological polar surface area (TPSA) is 60.3 Å². The highest BCUT2D eigenvalue weighted by Crippen LogP contribution is 2.17. The molecule has 0 saturated carbocycles. The molecule has 1 atom stereocenters. The molecule has 0 aliphatic carbocycles. The summed E-state index contributed by atoms with van der Waals surface area (Å²) in [6.45, 7) is 6.43. The minimum atomic E-state index is -0.103. The second-order valence-electron chi connectivity index (χ2n) is 5.71.